The summed E-state index contributed by atoms with van der Waals surface area (Å²) in [4.78, 5) is 23.5. The molecule has 1 amide bonds. The van der Waals surface area contributed by atoms with Gasteiger partial charge in [-0.3, -0.25) is 9.69 Å². The molecule has 3 heterocycles. The number of pyridine rings is 1. The molecule has 1 unspecified atom stereocenters. The molecule has 4 rings (SSSR count). The highest BCUT2D eigenvalue weighted by Crippen LogP contribution is 2.30. The minimum atomic E-state index is -0.174. The molecule has 1 atom stereocenters. The number of aromatic nitrogens is 1. The lowest BCUT2D eigenvalue weighted by Gasteiger charge is -2.38. The van der Waals surface area contributed by atoms with Crippen LogP contribution in [0.3, 0.4) is 0 Å². The van der Waals surface area contributed by atoms with Crippen LogP contribution in [-0.4, -0.2) is 65.5 Å². The lowest BCUT2D eigenvalue weighted by molar-refractivity contribution is 0.0550. The Bertz CT molecular complexity index is 642. The van der Waals surface area contributed by atoms with Crippen molar-refractivity contribution in [2.75, 3.05) is 37.6 Å². The van der Waals surface area contributed by atoms with Crippen molar-refractivity contribution in [3.05, 3.63) is 23.9 Å². The summed E-state index contributed by atoms with van der Waals surface area (Å²) in [5, 5.41) is 9.42. The van der Waals surface area contributed by atoms with Gasteiger partial charge in [0.1, 0.15) is 11.9 Å². The number of hydrogen-bond donors (Lipinski definition) is 0. The van der Waals surface area contributed by atoms with Gasteiger partial charge in [0.15, 0.2) is 0 Å². The van der Waals surface area contributed by atoms with Crippen LogP contribution in [0.25, 0.3) is 0 Å². The predicted molar refractivity (Wildman–Crippen MR) is 90.7 cm³/mol. The number of rotatable bonds is 3. The third-order valence-corrected chi connectivity index (χ3v) is 5.30. The molecule has 2 aliphatic heterocycles. The van der Waals surface area contributed by atoms with Crippen LogP contribution in [-0.2, 0) is 0 Å². The van der Waals surface area contributed by atoms with Gasteiger partial charge in [0.05, 0.1) is 11.6 Å². The van der Waals surface area contributed by atoms with Crippen LogP contribution in [0.5, 0.6) is 0 Å². The highest BCUT2D eigenvalue weighted by atomic mass is 16.2. The topological polar surface area (TPSA) is 63.5 Å². The summed E-state index contributed by atoms with van der Waals surface area (Å²) >= 11 is 0. The third kappa shape index (κ3) is 2.96. The molecule has 3 aliphatic rings. The molecule has 0 N–H and O–H groups in total. The molecule has 24 heavy (non-hydrogen) atoms. The van der Waals surface area contributed by atoms with Crippen molar-refractivity contribution in [3.8, 4) is 6.07 Å². The fourth-order valence-electron chi connectivity index (χ4n) is 3.77. The first-order chi connectivity index (χ1) is 11.8. The average Bonchev–Trinajstić information content (AvgIpc) is 3.34. The van der Waals surface area contributed by atoms with E-state index in [0.717, 1.165) is 25.5 Å². The zero-order chi connectivity index (χ0) is 16.5. The maximum Gasteiger partial charge on any atom is 0.255 e. The molecule has 0 spiro atoms. The summed E-state index contributed by atoms with van der Waals surface area (Å²) in [6.45, 7) is 4.09. The van der Waals surface area contributed by atoms with Gasteiger partial charge in [-0.1, -0.05) is 0 Å². The van der Waals surface area contributed by atoms with Gasteiger partial charge in [-0.05, 0) is 37.8 Å². The van der Waals surface area contributed by atoms with Gasteiger partial charge in [0.25, 0.3) is 5.91 Å². The van der Waals surface area contributed by atoms with Crippen LogP contribution < -0.4 is 4.90 Å². The molecular weight excluding hydrogens is 302 g/mol. The van der Waals surface area contributed by atoms with Crippen molar-refractivity contribution >= 4 is 11.7 Å². The van der Waals surface area contributed by atoms with E-state index < -0.39 is 0 Å². The summed E-state index contributed by atoms with van der Waals surface area (Å²) in [6.07, 6.45) is 6.49. The van der Waals surface area contributed by atoms with Gasteiger partial charge in [-0.2, -0.15) is 5.26 Å². The first-order valence-corrected chi connectivity index (χ1v) is 8.92. The smallest absolute Gasteiger partial charge is 0.255 e. The van der Waals surface area contributed by atoms with Crippen LogP contribution in [0.15, 0.2) is 18.3 Å². The molecule has 0 aromatic carbocycles. The van der Waals surface area contributed by atoms with E-state index >= 15 is 0 Å². The number of carbonyl (C=O) groups excluding carboxylic acids is 1. The number of nitrogens with zero attached hydrogens (tertiary/aromatic N) is 5. The number of piperazine rings is 1. The van der Waals surface area contributed by atoms with E-state index in [2.05, 4.69) is 20.9 Å². The van der Waals surface area contributed by atoms with Gasteiger partial charge in [-0.25, -0.2) is 4.98 Å². The third-order valence-electron chi connectivity index (χ3n) is 5.30. The normalized spacial score (nSPS) is 24.9. The molecule has 3 fully saturated rings. The molecule has 6 heteroatoms. The minimum Gasteiger partial charge on any atom is -0.357 e. The zero-order valence-corrected chi connectivity index (χ0v) is 13.9. The highest BCUT2D eigenvalue weighted by molar-refractivity contribution is 5.94. The first kappa shape index (κ1) is 15.4. The van der Waals surface area contributed by atoms with Crippen molar-refractivity contribution in [3.63, 3.8) is 0 Å². The SMILES string of the molecule is N#CC1CN(C(=O)c2ccc(N3CCCC3)nc2)CCN1C1CC1. The van der Waals surface area contributed by atoms with Crippen LogP contribution in [0.1, 0.15) is 36.0 Å². The lowest BCUT2D eigenvalue weighted by Crippen LogP contribution is -2.54. The molecule has 6 nitrogen and oxygen atoms in total. The summed E-state index contributed by atoms with van der Waals surface area (Å²) in [7, 11) is 0. The fraction of sp³-hybridized carbons (Fsp3) is 0.611. The minimum absolute atomic E-state index is 0.00818. The quantitative estimate of drug-likeness (QED) is 0.842. The number of carbonyl (C=O) groups is 1. The molecule has 126 valence electrons. The van der Waals surface area contributed by atoms with Crippen LogP contribution in [0.4, 0.5) is 5.82 Å². The first-order valence-electron chi connectivity index (χ1n) is 8.92. The van der Waals surface area contributed by atoms with Crippen molar-refractivity contribution < 1.29 is 4.79 Å². The Morgan fingerprint density at radius 2 is 1.96 bits per heavy atom. The van der Waals surface area contributed by atoms with E-state index in [-0.39, 0.29) is 11.9 Å². The Hall–Kier alpha value is -2.13. The zero-order valence-electron chi connectivity index (χ0n) is 13.9. The Morgan fingerprint density at radius 3 is 2.58 bits per heavy atom. The number of amides is 1. The second kappa shape index (κ2) is 6.40. The maximum atomic E-state index is 12.7. The van der Waals surface area contributed by atoms with E-state index in [9.17, 15) is 10.1 Å². The maximum absolute atomic E-state index is 12.7. The summed E-state index contributed by atoms with van der Waals surface area (Å²) in [6, 6.07) is 6.57. The van der Waals surface area contributed by atoms with Crippen LogP contribution in [0, 0.1) is 11.3 Å². The van der Waals surface area contributed by atoms with Gasteiger partial charge in [0, 0.05) is 45.0 Å². The number of nitriles is 1. The van der Waals surface area contributed by atoms with Crippen LogP contribution >= 0.6 is 0 Å². The summed E-state index contributed by atoms with van der Waals surface area (Å²) in [5.41, 5.74) is 0.620. The highest BCUT2D eigenvalue weighted by Gasteiger charge is 2.38. The fourth-order valence-corrected chi connectivity index (χ4v) is 3.77. The molecule has 1 aromatic heterocycles. The van der Waals surface area contributed by atoms with Crippen molar-refractivity contribution in [1.29, 1.82) is 5.26 Å². The van der Waals surface area contributed by atoms with E-state index in [1.54, 1.807) is 11.1 Å². The van der Waals surface area contributed by atoms with Gasteiger partial charge in [-0.15, -0.1) is 0 Å². The monoisotopic (exact) mass is 325 g/mol. The summed E-state index contributed by atoms with van der Waals surface area (Å²) in [5.74, 6) is 0.948. The largest absolute Gasteiger partial charge is 0.357 e. The average molecular weight is 325 g/mol. The predicted octanol–water partition coefficient (Wildman–Crippen LogP) is 1.49. The lowest BCUT2D eigenvalue weighted by atomic mass is 10.1. The number of anilines is 1. The molecule has 0 bridgehead atoms. The van der Waals surface area contributed by atoms with Gasteiger partial charge >= 0.3 is 0 Å². The van der Waals surface area contributed by atoms with Gasteiger partial charge < -0.3 is 9.80 Å². The van der Waals surface area contributed by atoms with Crippen molar-refractivity contribution in [2.45, 2.75) is 37.8 Å². The molecular formula is C18H23N5O. The molecule has 1 aliphatic carbocycles. The van der Waals surface area contributed by atoms with E-state index in [1.165, 1.54) is 25.7 Å². The Kier molecular flexibility index (Phi) is 4.11. The second-order valence-electron chi connectivity index (χ2n) is 6.96. The van der Waals surface area contributed by atoms with Crippen LogP contribution in [0.2, 0.25) is 0 Å². The van der Waals surface area contributed by atoms with E-state index in [1.807, 2.05) is 12.1 Å². The molecule has 1 saturated carbocycles. The van der Waals surface area contributed by atoms with Crippen molar-refractivity contribution in [2.24, 2.45) is 0 Å². The Balaban J connectivity index is 1.42. The second-order valence-corrected chi connectivity index (χ2v) is 6.96. The van der Waals surface area contributed by atoms with E-state index in [4.69, 9.17) is 0 Å². The molecule has 0 radical (unpaired) electrons. The van der Waals surface area contributed by atoms with Gasteiger partial charge in [0.2, 0.25) is 0 Å². The Morgan fingerprint density at radius 1 is 1.17 bits per heavy atom. The molecule has 1 aromatic rings. The Labute approximate surface area is 142 Å². The molecule has 2 saturated heterocycles. The van der Waals surface area contributed by atoms with Crippen molar-refractivity contribution in [1.82, 2.24) is 14.8 Å². The summed E-state index contributed by atoms with van der Waals surface area (Å²) < 4.78 is 0. The van der Waals surface area contributed by atoms with E-state index in [0.29, 0.717) is 24.7 Å². The standard InChI is InChI=1S/C18H23N5O/c19-11-16-13-22(9-10-23(16)15-4-5-15)18(24)14-3-6-17(20-12-14)21-7-1-2-8-21/h3,6,12,15-16H,1-2,4-5,7-10,13H2. The number of hydrogen-bond acceptors (Lipinski definition) is 5.